The average molecular weight is 1000 g/mol. The minimum absolute atomic E-state index is 0.00491. The maximum absolute atomic E-state index is 13.2. The number of nitrogens with one attached hydrogen (secondary N) is 3. The molecule has 2 atom stereocenters. The third-order valence-corrected chi connectivity index (χ3v) is 14.7. The molecule has 1 saturated heterocycles. The van der Waals surface area contributed by atoms with Crippen molar-refractivity contribution in [2.45, 2.75) is 61.2 Å². The molecule has 3 aromatic heterocycles. The van der Waals surface area contributed by atoms with E-state index in [2.05, 4.69) is 52.6 Å². The van der Waals surface area contributed by atoms with E-state index in [1.807, 2.05) is 13.0 Å². The second-order valence-corrected chi connectivity index (χ2v) is 19.3. The summed E-state index contributed by atoms with van der Waals surface area (Å²) in [5.74, 6) is 0.760. The normalized spacial score (nSPS) is 13.9. The van der Waals surface area contributed by atoms with Gasteiger partial charge in [-0.3, -0.25) is 24.2 Å². The summed E-state index contributed by atoms with van der Waals surface area (Å²) >= 11 is 16.8. The number of anilines is 3. The largest absolute Gasteiger partial charge is 0.495 e. The molecular weight excluding hydrogens is 955 g/mol. The topological polar surface area (TPSA) is 208 Å². The van der Waals surface area contributed by atoms with Crippen molar-refractivity contribution < 1.29 is 40.9 Å². The molecule has 330 valence electrons. The highest BCUT2D eigenvalue weighted by molar-refractivity contribution is 9.09. The van der Waals surface area contributed by atoms with Crippen LogP contribution in [0.15, 0.2) is 83.1 Å². The zero-order chi connectivity index (χ0) is 44.9. The van der Waals surface area contributed by atoms with Crippen LogP contribution in [0.5, 0.6) is 11.5 Å². The lowest BCUT2D eigenvalue weighted by Crippen LogP contribution is -2.30. The summed E-state index contributed by atoms with van der Waals surface area (Å²) in [4.78, 5) is 24.2. The Bertz CT molecular complexity index is 2490. The summed E-state index contributed by atoms with van der Waals surface area (Å²) in [7, 11) is -5.19. The van der Waals surface area contributed by atoms with Crippen LogP contribution < -0.4 is 24.2 Å². The molecule has 15 nitrogen and oxygen atoms in total. The number of nitrogens with zero attached hydrogens (tertiary/aromatic N) is 3. The van der Waals surface area contributed by atoms with Gasteiger partial charge in [0.1, 0.15) is 27.1 Å². The van der Waals surface area contributed by atoms with E-state index in [1.165, 1.54) is 81.5 Å². The van der Waals surface area contributed by atoms with Crippen LogP contribution in [-0.2, 0) is 29.6 Å². The number of carbonyl (C=O) groups is 1. The van der Waals surface area contributed by atoms with Crippen LogP contribution in [0.1, 0.15) is 49.7 Å². The number of ether oxygens (including phenoxy) is 3. The predicted octanol–water partition coefficient (Wildman–Crippen LogP) is 8.77. The zero-order valence-corrected chi connectivity index (χ0v) is 39.7. The number of methoxy groups -OCH3 is 2. The number of Topliss-reactive ketones (excluding diaryl/α,β-unsaturated/α-hetero) is 1. The molecule has 0 radical (unpaired) electrons. The Hall–Kier alpha value is -4.08. The van der Waals surface area contributed by atoms with E-state index in [4.69, 9.17) is 42.5 Å². The molecule has 0 aliphatic carbocycles. The van der Waals surface area contributed by atoms with Gasteiger partial charge in [-0.1, -0.05) is 56.5 Å². The van der Waals surface area contributed by atoms with Crippen molar-refractivity contribution in [3.63, 3.8) is 0 Å². The second-order valence-electron chi connectivity index (χ2n) is 13.3. The molecule has 0 bridgehead atoms. The Morgan fingerprint density at radius 3 is 1.92 bits per heavy atom. The number of halogens is 3. The molecule has 1 aliphatic rings. The Labute approximate surface area is 378 Å². The second kappa shape index (κ2) is 22.8. The third-order valence-electron chi connectivity index (χ3n) is 8.99. The standard InChI is InChI=1S/C23H27ClN4O4S2.C15H14BrClN2O4S.C2H6O/c1-14(16-7-10-32-11-8-16)26-23-27-15(2)22(33-23)17-4-5-20(31-3)21(12-17)34(29,30)28-19-13-25-9-6-18(19)24;1-9(20)15(16)10-3-4-13(23-2)14(7-10)24(21,22)19-12-8-18-6-5-11(12)17;1-2-3/h4-6,9,12-14,16,28H,7-8,10-11H2,1-3H3,(H,26,27);3-8,15,19H,1-2H3;3H,2H2,1H3. The van der Waals surface area contributed by atoms with Gasteiger partial charge in [0.25, 0.3) is 20.0 Å². The SMILES string of the molecule is CCO.COc1ccc(-c2sc(NC(C)C3CCOCC3)nc2C)cc1S(=O)(=O)Nc1cnccc1Cl.COc1ccc(C(Br)C(C)=O)cc1S(=O)(=O)Nc1cnccc1Cl. The number of benzene rings is 2. The summed E-state index contributed by atoms with van der Waals surface area (Å²) in [6.45, 7) is 9.01. The molecule has 4 heterocycles. The quantitative estimate of drug-likeness (QED) is 0.0769. The van der Waals surface area contributed by atoms with E-state index in [0.717, 1.165) is 47.3 Å². The maximum atomic E-state index is 13.2. The summed E-state index contributed by atoms with van der Waals surface area (Å²) in [5.41, 5.74) is 2.40. The van der Waals surface area contributed by atoms with E-state index in [1.54, 1.807) is 25.1 Å². The van der Waals surface area contributed by atoms with Crippen LogP contribution >= 0.6 is 50.5 Å². The van der Waals surface area contributed by atoms with Crippen LogP contribution in [0.25, 0.3) is 10.4 Å². The summed E-state index contributed by atoms with van der Waals surface area (Å²) in [5, 5.41) is 12.4. The lowest BCUT2D eigenvalue weighted by atomic mass is 9.93. The molecule has 21 heteroatoms. The van der Waals surface area contributed by atoms with Gasteiger partial charge in [-0.25, -0.2) is 21.8 Å². The molecule has 2 unspecified atom stereocenters. The lowest BCUT2D eigenvalue weighted by molar-refractivity contribution is -0.116. The molecule has 5 aromatic rings. The number of aliphatic hydroxyl groups excluding tert-OH is 1. The average Bonchev–Trinajstić information content (AvgIpc) is 3.61. The molecule has 2 aromatic carbocycles. The number of aliphatic hydroxyl groups is 1. The summed E-state index contributed by atoms with van der Waals surface area (Å²) < 4.78 is 72.6. The summed E-state index contributed by atoms with van der Waals surface area (Å²) in [6.07, 6.45) is 7.66. The Morgan fingerprint density at radius 2 is 1.43 bits per heavy atom. The van der Waals surface area contributed by atoms with Crippen molar-refractivity contribution in [3.8, 4) is 21.9 Å². The number of ketones is 1. The van der Waals surface area contributed by atoms with Gasteiger partial charge in [0.05, 0.1) is 63.4 Å². The van der Waals surface area contributed by atoms with Crippen molar-refractivity contribution in [2.75, 3.05) is 48.8 Å². The van der Waals surface area contributed by atoms with Gasteiger partial charge >= 0.3 is 0 Å². The number of aryl methyl sites for hydroxylation is 1. The number of carbonyl (C=O) groups excluding carboxylic acids is 1. The molecule has 1 fully saturated rings. The maximum Gasteiger partial charge on any atom is 0.265 e. The predicted molar refractivity (Wildman–Crippen MR) is 244 cm³/mol. The van der Waals surface area contributed by atoms with E-state index >= 15 is 0 Å². The van der Waals surface area contributed by atoms with Crippen LogP contribution in [0, 0.1) is 12.8 Å². The van der Waals surface area contributed by atoms with Crippen LogP contribution in [0.4, 0.5) is 16.5 Å². The first-order chi connectivity index (χ1) is 29.0. The van der Waals surface area contributed by atoms with Gasteiger partial charge in [-0.05, 0) is 100 Å². The first-order valence-electron chi connectivity index (χ1n) is 18.6. The number of thiazole rings is 1. The fraction of sp³-hybridized carbons (Fsp3) is 0.350. The van der Waals surface area contributed by atoms with E-state index in [-0.39, 0.29) is 61.1 Å². The fourth-order valence-corrected chi connectivity index (χ4v) is 10.2. The summed E-state index contributed by atoms with van der Waals surface area (Å²) in [6, 6.07) is 12.8. The smallest absolute Gasteiger partial charge is 0.265 e. The molecule has 4 N–H and O–H groups in total. The van der Waals surface area contributed by atoms with Gasteiger partial charge in [-0.2, -0.15) is 0 Å². The number of pyridine rings is 2. The molecular formula is C40H47BrCl2N6O9S3. The minimum atomic E-state index is -3.99. The lowest BCUT2D eigenvalue weighted by Gasteiger charge is -2.28. The first-order valence-corrected chi connectivity index (χ1v) is 24.1. The first kappa shape index (κ1) is 49.6. The van der Waals surface area contributed by atoms with Gasteiger partial charge < -0.3 is 24.6 Å². The van der Waals surface area contributed by atoms with Crippen molar-refractivity contribution in [2.24, 2.45) is 5.92 Å². The van der Waals surface area contributed by atoms with Gasteiger partial charge in [-0.15, -0.1) is 0 Å². The molecule has 0 spiro atoms. The third kappa shape index (κ3) is 13.5. The van der Waals surface area contributed by atoms with Crippen molar-refractivity contribution in [1.29, 1.82) is 0 Å². The number of aromatic nitrogens is 3. The number of alkyl halides is 1. The van der Waals surface area contributed by atoms with Gasteiger partial charge in [0, 0.05) is 38.3 Å². The zero-order valence-electron chi connectivity index (χ0n) is 34.1. The molecule has 61 heavy (non-hydrogen) atoms. The fourth-order valence-electron chi connectivity index (χ4n) is 5.88. The van der Waals surface area contributed by atoms with E-state index in [9.17, 15) is 21.6 Å². The van der Waals surface area contributed by atoms with Crippen LogP contribution in [-0.4, -0.2) is 82.8 Å². The van der Waals surface area contributed by atoms with Crippen molar-refractivity contribution in [3.05, 3.63) is 94.6 Å². The minimum Gasteiger partial charge on any atom is -0.495 e. The number of sulfonamides is 2. The molecule has 1 aliphatic heterocycles. The Kier molecular flexibility index (Phi) is 18.6. The van der Waals surface area contributed by atoms with Crippen LogP contribution in [0.2, 0.25) is 10.0 Å². The molecule has 0 amide bonds. The van der Waals surface area contributed by atoms with Gasteiger partial charge in [0.2, 0.25) is 0 Å². The highest BCUT2D eigenvalue weighted by Crippen LogP contribution is 2.38. The molecule has 6 rings (SSSR count). The Balaban J connectivity index is 0.000000266. The number of hydrogen-bond donors (Lipinski definition) is 4. The van der Waals surface area contributed by atoms with Crippen molar-refractivity contribution >= 4 is 92.8 Å². The van der Waals surface area contributed by atoms with Crippen molar-refractivity contribution in [1.82, 2.24) is 15.0 Å². The highest BCUT2D eigenvalue weighted by Gasteiger charge is 2.26. The van der Waals surface area contributed by atoms with Gasteiger partial charge in [0.15, 0.2) is 5.13 Å². The Morgan fingerprint density at radius 1 is 0.918 bits per heavy atom. The molecule has 0 saturated carbocycles. The number of rotatable bonds is 14. The number of hydrogen-bond acceptors (Lipinski definition) is 14. The van der Waals surface area contributed by atoms with E-state index < -0.39 is 24.9 Å². The van der Waals surface area contributed by atoms with E-state index in [0.29, 0.717) is 11.5 Å². The highest BCUT2D eigenvalue weighted by atomic mass is 79.9. The van der Waals surface area contributed by atoms with Crippen LogP contribution in [0.3, 0.4) is 0 Å². The monoisotopic (exact) mass is 1000 g/mol.